The summed E-state index contributed by atoms with van der Waals surface area (Å²) in [6, 6.07) is 10.9. The minimum atomic E-state index is -0.361. The minimum Gasteiger partial charge on any atom is -0.507 e. The Morgan fingerprint density at radius 2 is 2.09 bits per heavy atom. The molecule has 1 saturated carbocycles. The Labute approximate surface area is 129 Å². The van der Waals surface area contributed by atoms with Crippen LogP contribution in [0.5, 0.6) is 5.75 Å². The van der Waals surface area contributed by atoms with Crippen molar-refractivity contribution in [1.29, 1.82) is 0 Å². The van der Waals surface area contributed by atoms with Crippen molar-refractivity contribution in [3.8, 4) is 5.75 Å². The van der Waals surface area contributed by atoms with Crippen LogP contribution in [0.2, 0.25) is 0 Å². The number of phenols is 1. The van der Waals surface area contributed by atoms with Gasteiger partial charge in [0.05, 0.1) is 5.56 Å². The molecular formula is C18H20N2O2. The van der Waals surface area contributed by atoms with Crippen molar-refractivity contribution in [1.82, 2.24) is 5.43 Å². The first kappa shape index (κ1) is 14.6. The highest BCUT2D eigenvalue weighted by Gasteiger charge is 2.17. The Bertz CT molecular complexity index is 737. The number of phenolic OH excluding ortho intramolecular Hbond substituents is 1. The van der Waals surface area contributed by atoms with Crippen molar-refractivity contribution < 1.29 is 9.90 Å². The molecule has 1 fully saturated rings. The normalized spacial score (nSPS) is 20.2. The quantitative estimate of drug-likeness (QED) is 0.827. The van der Waals surface area contributed by atoms with E-state index in [1.165, 1.54) is 6.42 Å². The molecular weight excluding hydrogens is 276 g/mol. The van der Waals surface area contributed by atoms with E-state index in [4.69, 9.17) is 0 Å². The van der Waals surface area contributed by atoms with Gasteiger partial charge in [-0.1, -0.05) is 37.3 Å². The molecule has 1 atom stereocenters. The summed E-state index contributed by atoms with van der Waals surface area (Å²) in [6.45, 7) is 2.20. The number of nitrogens with zero attached hydrogens (tertiary/aromatic N) is 1. The average molecular weight is 296 g/mol. The van der Waals surface area contributed by atoms with E-state index < -0.39 is 0 Å². The summed E-state index contributed by atoms with van der Waals surface area (Å²) in [5.41, 5.74) is 3.93. The molecule has 2 aromatic carbocycles. The molecule has 22 heavy (non-hydrogen) atoms. The van der Waals surface area contributed by atoms with Crippen LogP contribution < -0.4 is 5.43 Å². The van der Waals surface area contributed by atoms with Gasteiger partial charge in [0.1, 0.15) is 5.75 Å². The van der Waals surface area contributed by atoms with Crippen LogP contribution in [-0.2, 0) is 0 Å². The zero-order chi connectivity index (χ0) is 15.5. The molecule has 1 aliphatic carbocycles. The molecule has 0 spiro atoms. The summed E-state index contributed by atoms with van der Waals surface area (Å²) in [7, 11) is 0. The van der Waals surface area contributed by atoms with Crippen molar-refractivity contribution in [2.45, 2.75) is 32.6 Å². The standard InChI is InChI=1S/C18H20N2O2/c1-12-5-4-7-14(11-12)19-20-18(22)17-15-8-3-2-6-13(15)9-10-16(17)21/h2-3,6,8-10,12,21H,4-5,7,11H2,1H3,(H,20,22)/b19-14+/t12-/m1/s1. The van der Waals surface area contributed by atoms with Crippen LogP contribution in [0.4, 0.5) is 0 Å². The second-order valence-electron chi connectivity index (χ2n) is 6.00. The van der Waals surface area contributed by atoms with Crippen LogP contribution in [-0.4, -0.2) is 16.7 Å². The molecule has 0 heterocycles. The number of hydrazone groups is 1. The van der Waals surface area contributed by atoms with Crippen molar-refractivity contribution in [3.63, 3.8) is 0 Å². The third-order valence-corrected chi connectivity index (χ3v) is 4.20. The Morgan fingerprint density at radius 1 is 1.27 bits per heavy atom. The smallest absolute Gasteiger partial charge is 0.275 e. The maximum atomic E-state index is 12.4. The molecule has 0 bridgehead atoms. The summed E-state index contributed by atoms with van der Waals surface area (Å²) in [6.07, 6.45) is 4.21. The Balaban J connectivity index is 1.86. The van der Waals surface area contributed by atoms with Gasteiger partial charge >= 0.3 is 0 Å². The number of amides is 1. The van der Waals surface area contributed by atoms with Gasteiger partial charge in [0.25, 0.3) is 5.91 Å². The topological polar surface area (TPSA) is 61.7 Å². The lowest BCUT2D eigenvalue weighted by Gasteiger charge is -2.19. The van der Waals surface area contributed by atoms with Gasteiger partial charge in [-0.25, -0.2) is 5.43 Å². The van der Waals surface area contributed by atoms with Crippen LogP contribution in [0.15, 0.2) is 41.5 Å². The number of rotatable bonds is 2. The molecule has 0 unspecified atom stereocenters. The lowest BCUT2D eigenvalue weighted by molar-refractivity contribution is 0.0953. The highest BCUT2D eigenvalue weighted by molar-refractivity contribution is 6.09. The van der Waals surface area contributed by atoms with Crippen molar-refractivity contribution in [2.24, 2.45) is 11.0 Å². The van der Waals surface area contributed by atoms with Gasteiger partial charge in [-0.3, -0.25) is 4.79 Å². The zero-order valence-corrected chi connectivity index (χ0v) is 12.7. The molecule has 3 rings (SSSR count). The van der Waals surface area contributed by atoms with Crippen molar-refractivity contribution >= 4 is 22.4 Å². The second kappa shape index (κ2) is 6.18. The number of carbonyl (C=O) groups excluding carboxylic acids is 1. The number of benzene rings is 2. The van der Waals surface area contributed by atoms with Gasteiger partial charge in [0.2, 0.25) is 0 Å². The number of aromatic hydroxyl groups is 1. The van der Waals surface area contributed by atoms with Gasteiger partial charge in [-0.2, -0.15) is 5.10 Å². The van der Waals surface area contributed by atoms with Gasteiger partial charge < -0.3 is 5.11 Å². The maximum Gasteiger partial charge on any atom is 0.275 e. The molecule has 2 aromatic rings. The molecule has 114 valence electrons. The lowest BCUT2D eigenvalue weighted by Crippen LogP contribution is -2.22. The molecule has 4 nitrogen and oxygen atoms in total. The monoisotopic (exact) mass is 296 g/mol. The molecule has 1 amide bonds. The highest BCUT2D eigenvalue weighted by Crippen LogP contribution is 2.27. The van der Waals surface area contributed by atoms with E-state index in [1.54, 1.807) is 12.1 Å². The fraction of sp³-hybridized carbons (Fsp3) is 0.333. The number of carbonyl (C=O) groups is 1. The van der Waals surface area contributed by atoms with Crippen molar-refractivity contribution in [3.05, 3.63) is 42.0 Å². The van der Waals surface area contributed by atoms with E-state index in [9.17, 15) is 9.90 Å². The first-order chi connectivity index (χ1) is 10.6. The zero-order valence-electron chi connectivity index (χ0n) is 12.7. The highest BCUT2D eigenvalue weighted by atomic mass is 16.3. The Morgan fingerprint density at radius 3 is 2.91 bits per heavy atom. The van der Waals surface area contributed by atoms with Gasteiger partial charge in [-0.15, -0.1) is 0 Å². The molecule has 0 radical (unpaired) electrons. The largest absolute Gasteiger partial charge is 0.507 e. The fourth-order valence-electron chi connectivity index (χ4n) is 3.05. The first-order valence-corrected chi connectivity index (χ1v) is 7.71. The van der Waals surface area contributed by atoms with Crippen LogP contribution in [0.1, 0.15) is 43.0 Å². The second-order valence-corrected chi connectivity index (χ2v) is 6.00. The third-order valence-electron chi connectivity index (χ3n) is 4.20. The average Bonchev–Trinajstić information content (AvgIpc) is 2.52. The third kappa shape index (κ3) is 2.96. The number of nitrogens with one attached hydrogen (secondary N) is 1. The summed E-state index contributed by atoms with van der Waals surface area (Å²) in [5.74, 6) is 0.240. The molecule has 0 saturated heterocycles. The van der Waals surface area contributed by atoms with Crippen LogP contribution in [0.3, 0.4) is 0 Å². The van der Waals surface area contributed by atoms with E-state index in [0.29, 0.717) is 5.92 Å². The van der Waals surface area contributed by atoms with Gasteiger partial charge in [-0.05, 0) is 48.4 Å². The van der Waals surface area contributed by atoms with E-state index in [0.717, 1.165) is 35.7 Å². The molecule has 0 aromatic heterocycles. The number of fused-ring (bicyclic) bond motifs is 1. The minimum absolute atomic E-state index is 0.0200. The molecule has 1 aliphatic rings. The van der Waals surface area contributed by atoms with Crippen LogP contribution >= 0.6 is 0 Å². The van der Waals surface area contributed by atoms with Gasteiger partial charge in [0, 0.05) is 5.71 Å². The Hall–Kier alpha value is -2.36. The number of hydrogen-bond donors (Lipinski definition) is 2. The van der Waals surface area contributed by atoms with E-state index in [2.05, 4.69) is 17.5 Å². The van der Waals surface area contributed by atoms with E-state index in [-0.39, 0.29) is 17.2 Å². The summed E-state index contributed by atoms with van der Waals surface area (Å²) < 4.78 is 0. The molecule has 2 N–H and O–H groups in total. The van der Waals surface area contributed by atoms with E-state index in [1.807, 2.05) is 24.3 Å². The Kier molecular flexibility index (Phi) is 4.09. The van der Waals surface area contributed by atoms with Crippen molar-refractivity contribution in [2.75, 3.05) is 0 Å². The van der Waals surface area contributed by atoms with E-state index >= 15 is 0 Å². The maximum absolute atomic E-state index is 12.4. The van der Waals surface area contributed by atoms with Crippen LogP contribution in [0, 0.1) is 5.92 Å². The lowest BCUT2D eigenvalue weighted by atomic mass is 9.89. The summed E-state index contributed by atoms with van der Waals surface area (Å²) in [5, 5.41) is 16.0. The predicted molar refractivity (Wildman–Crippen MR) is 88.1 cm³/mol. The summed E-state index contributed by atoms with van der Waals surface area (Å²) in [4.78, 5) is 12.4. The molecule has 0 aliphatic heterocycles. The number of hydrogen-bond acceptors (Lipinski definition) is 3. The fourth-order valence-corrected chi connectivity index (χ4v) is 3.05. The predicted octanol–water partition coefficient (Wildman–Crippen LogP) is 3.84. The first-order valence-electron chi connectivity index (χ1n) is 7.71. The summed E-state index contributed by atoms with van der Waals surface area (Å²) >= 11 is 0. The van der Waals surface area contributed by atoms with Crippen LogP contribution in [0.25, 0.3) is 10.8 Å². The van der Waals surface area contributed by atoms with Gasteiger partial charge in [0.15, 0.2) is 0 Å². The SMILES string of the molecule is C[C@@H]1CCC/C(=N\NC(=O)c2c(O)ccc3ccccc23)C1. The molecule has 4 heteroatoms.